The minimum absolute atomic E-state index is 0.149. The molecule has 0 unspecified atom stereocenters. The van der Waals surface area contributed by atoms with Gasteiger partial charge in [0.15, 0.2) is 0 Å². The highest BCUT2D eigenvalue weighted by molar-refractivity contribution is 5.77. The first-order chi connectivity index (χ1) is 8.94. The minimum Gasteiger partial charge on any atom is -0.461 e. The quantitative estimate of drug-likeness (QED) is 0.891. The number of rotatable bonds is 3. The molecule has 19 heavy (non-hydrogen) atoms. The molecule has 0 saturated heterocycles. The summed E-state index contributed by atoms with van der Waals surface area (Å²) >= 11 is 0. The highest BCUT2D eigenvalue weighted by atomic mass is 16.3. The molecule has 2 rings (SSSR count). The maximum atomic E-state index is 11.6. The SMILES string of the molecule is CC(C)(C)NC(=O)NCCc1cc2ccccc2o1. The van der Waals surface area contributed by atoms with E-state index in [0.29, 0.717) is 13.0 Å². The average molecular weight is 260 g/mol. The molecule has 4 nitrogen and oxygen atoms in total. The van der Waals surface area contributed by atoms with Crippen LogP contribution in [0.15, 0.2) is 34.7 Å². The Kier molecular flexibility index (Phi) is 3.79. The van der Waals surface area contributed by atoms with Gasteiger partial charge in [-0.15, -0.1) is 0 Å². The van der Waals surface area contributed by atoms with Crippen molar-refractivity contribution >= 4 is 17.0 Å². The number of urea groups is 1. The topological polar surface area (TPSA) is 54.3 Å². The second kappa shape index (κ2) is 5.34. The van der Waals surface area contributed by atoms with Gasteiger partial charge in [0.05, 0.1) is 0 Å². The summed E-state index contributed by atoms with van der Waals surface area (Å²) in [7, 11) is 0. The van der Waals surface area contributed by atoms with Crippen molar-refractivity contribution in [2.45, 2.75) is 32.7 Å². The van der Waals surface area contributed by atoms with Gasteiger partial charge in [0.2, 0.25) is 0 Å². The van der Waals surface area contributed by atoms with Crippen molar-refractivity contribution in [3.63, 3.8) is 0 Å². The summed E-state index contributed by atoms with van der Waals surface area (Å²) in [5, 5.41) is 6.77. The highest BCUT2D eigenvalue weighted by Crippen LogP contribution is 2.18. The molecule has 2 amide bonds. The van der Waals surface area contributed by atoms with Crippen LogP contribution in [-0.2, 0) is 6.42 Å². The average Bonchev–Trinajstić information content (AvgIpc) is 2.68. The smallest absolute Gasteiger partial charge is 0.315 e. The number of benzene rings is 1. The molecule has 0 bridgehead atoms. The van der Waals surface area contributed by atoms with Crippen LogP contribution in [0.1, 0.15) is 26.5 Å². The van der Waals surface area contributed by atoms with Crippen molar-refractivity contribution in [3.8, 4) is 0 Å². The molecule has 2 aromatic rings. The molecule has 0 aliphatic heterocycles. The summed E-state index contributed by atoms with van der Waals surface area (Å²) in [5.41, 5.74) is 0.667. The molecule has 0 fully saturated rings. The lowest BCUT2D eigenvalue weighted by atomic mass is 10.1. The van der Waals surface area contributed by atoms with Crippen molar-refractivity contribution in [1.82, 2.24) is 10.6 Å². The molecule has 0 saturated carbocycles. The van der Waals surface area contributed by atoms with E-state index in [9.17, 15) is 4.79 Å². The number of amides is 2. The Balaban J connectivity index is 1.84. The summed E-state index contributed by atoms with van der Waals surface area (Å²) < 4.78 is 5.68. The standard InChI is InChI=1S/C15H20N2O2/c1-15(2,3)17-14(18)16-9-8-12-10-11-6-4-5-7-13(11)19-12/h4-7,10H,8-9H2,1-3H3,(H2,16,17,18). The Morgan fingerprint density at radius 2 is 2.00 bits per heavy atom. The molecule has 1 heterocycles. The molecule has 1 aromatic carbocycles. The number of fused-ring (bicyclic) bond motifs is 1. The molecular weight excluding hydrogens is 240 g/mol. The van der Waals surface area contributed by atoms with Gasteiger partial charge in [0.1, 0.15) is 11.3 Å². The summed E-state index contributed by atoms with van der Waals surface area (Å²) in [5.74, 6) is 0.886. The summed E-state index contributed by atoms with van der Waals surface area (Å²) in [6, 6.07) is 9.75. The lowest BCUT2D eigenvalue weighted by molar-refractivity contribution is 0.232. The van der Waals surface area contributed by atoms with Gasteiger partial charge in [-0.25, -0.2) is 4.79 Å². The molecule has 4 heteroatoms. The van der Waals surface area contributed by atoms with Crippen LogP contribution in [0.3, 0.4) is 0 Å². The fourth-order valence-corrected chi connectivity index (χ4v) is 1.84. The lowest BCUT2D eigenvalue weighted by Crippen LogP contribution is -2.46. The first-order valence-corrected chi connectivity index (χ1v) is 6.47. The Hall–Kier alpha value is -1.97. The van der Waals surface area contributed by atoms with Crippen molar-refractivity contribution < 1.29 is 9.21 Å². The maximum Gasteiger partial charge on any atom is 0.315 e. The zero-order valence-electron chi connectivity index (χ0n) is 11.6. The molecular formula is C15H20N2O2. The number of carbonyl (C=O) groups excluding carboxylic acids is 1. The van der Waals surface area contributed by atoms with Crippen LogP contribution < -0.4 is 10.6 Å². The van der Waals surface area contributed by atoms with Gasteiger partial charge in [-0.1, -0.05) is 18.2 Å². The molecule has 0 aliphatic rings. The fraction of sp³-hybridized carbons (Fsp3) is 0.400. The monoisotopic (exact) mass is 260 g/mol. The molecule has 0 aliphatic carbocycles. The zero-order valence-corrected chi connectivity index (χ0v) is 11.6. The third-order valence-electron chi connectivity index (χ3n) is 2.62. The van der Waals surface area contributed by atoms with Crippen LogP contribution in [-0.4, -0.2) is 18.1 Å². The first-order valence-electron chi connectivity index (χ1n) is 6.47. The third-order valence-corrected chi connectivity index (χ3v) is 2.62. The maximum absolute atomic E-state index is 11.6. The van der Waals surface area contributed by atoms with E-state index in [1.165, 1.54) is 0 Å². The Labute approximate surface area is 113 Å². The lowest BCUT2D eigenvalue weighted by Gasteiger charge is -2.20. The van der Waals surface area contributed by atoms with E-state index in [1.807, 2.05) is 51.1 Å². The van der Waals surface area contributed by atoms with Gasteiger partial charge < -0.3 is 15.1 Å². The van der Waals surface area contributed by atoms with Gasteiger partial charge in [-0.3, -0.25) is 0 Å². The highest BCUT2D eigenvalue weighted by Gasteiger charge is 2.13. The summed E-state index contributed by atoms with van der Waals surface area (Å²) in [6.45, 7) is 6.41. The van der Waals surface area contributed by atoms with Crippen LogP contribution in [0, 0.1) is 0 Å². The third kappa shape index (κ3) is 4.02. The predicted molar refractivity (Wildman–Crippen MR) is 76.2 cm³/mol. The van der Waals surface area contributed by atoms with E-state index in [1.54, 1.807) is 0 Å². The summed E-state index contributed by atoms with van der Waals surface area (Å²) in [6.07, 6.45) is 0.687. The van der Waals surface area contributed by atoms with Crippen molar-refractivity contribution in [1.29, 1.82) is 0 Å². The molecule has 2 N–H and O–H groups in total. The van der Waals surface area contributed by atoms with E-state index in [4.69, 9.17) is 4.42 Å². The van der Waals surface area contributed by atoms with E-state index in [0.717, 1.165) is 16.7 Å². The molecule has 0 atom stereocenters. The van der Waals surface area contributed by atoms with Crippen LogP contribution in [0.2, 0.25) is 0 Å². The van der Waals surface area contributed by atoms with E-state index in [2.05, 4.69) is 10.6 Å². The minimum atomic E-state index is -0.219. The second-order valence-corrected chi connectivity index (χ2v) is 5.63. The van der Waals surface area contributed by atoms with Gasteiger partial charge in [0.25, 0.3) is 0 Å². The van der Waals surface area contributed by atoms with Crippen LogP contribution in [0.5, 0.6) is 0 Å². The summed E-state index contributed by atoms with van der Waals surface area (Å²) in [4.78, 5) is 11.6. The first kappa shape index (κ1) is 13.5. The Morgan fingerprint density at radius 1 is 1.26 bits per heavy atom. The number of carbonyl (C=O) groups is 1. The fourth-order valence-electron chi connectivity index (χ4n) is 1.84. The number of hydrogen-bond donors (Lipinski definition) is 2. The molecule has 102 valence electrons. The van der Waals surface area contributed by atoms with E-state index in [-0.39, 0.29) is 11.6 Å². The van der Waals surface area contributed by atoms with Crippen molar-refractivity contribution in [2.24, 2.45) is 0 Å². The zero-order chi connectivity index (χ0) is 13.9. The number of furan rings is 1. The molecule has 1 aromatic heterocycles. The van der Waals surface area contributed by atoms with Gasteiger partial charge in [-0.2, -0.15) is 0 Å². The van der Waals surface area contributed by atoms with Gasteiger partial charge >= 0.3 is 6.03 Å². The van der Waals surface area contributed by atoms with Crippen LogP contribution in [0.25, 0.3) is 11.0 Å². The Morgan fingerprint density at radius 3 is 2.68 bits per heavy atom. The largest absolute Gasteiger partial charge is 0.461 e. The number of para-hydroxylation sites is 1. The van der Waals surface area contributed by atoms with Crippen molar-refractivity contribution in [2.75, 3.05) is 6.54 Å². The van der Waals surface area contributed by atoms with E-state index < -0.39 is 0 Å². The molecule has 0 spiro atoms. The van der Waals surface area contributed by atoms with Crippen LogP contribution >= 0.6 is 0 Å². The molecule has 0 radical (unpaired) electrons. The van der Waals surface area contributed by atoms with Gasteiger partial charge in [0, 0.05) is 23.9 Å². The van der Waals surface area contributed by atoms with Crippen molar-refractivity contribution in [3.05, 3.63) is 36.1 Å². The normalized spacial score (nSPS) is 11.5. The van der Waals surface area contributed by atoms with E-state index >= 15 is 0 Å². The van der Waals surface area contributed by atoms with Crippen LogP contribution in [0.4, 0.5) is 4.79 Å². The Bertz CT molecular complexity index is 534. The number of nitrogens with one attached hydrogen (secondary N) is 2. The predicted octanol–water partition coefficient (Wildman–Crippen LogP) is 3.07. The second-order valence-electron chi connectivity index (χ2n) is 5.63. The van der Waals surface area contributed by atoms with Gasteiger partial charge in [-0.05, 0) is 32.9 Å². The number of hydrogen-bond acceptors (Lipinski definition) is 2.